The van der Waals surface area contributed by atoms with E-state index in [9.17, 15) is 4.39 Å². The van der Waals surface area contributed by atoms with Crippen LogP contribution in [0.2, 0.25) is 0 Å². The zero-order valence-corrected chi connectivity index (χ0v) is 16.3. The van der Waals surface area contributed by atoms with Crippen LogP contribution >= 0.6 is 0 Å². The van der Waals surface area contributed by atoms with Gasteiger partial charge in [-0.2, -0.15) is 0 Å². The van der Waals surface area contributed by atoms with Crippen molar-refractivity contribution in [1.29, 1.82) is 0 Å². The Morgan fingerprint density at radius 3 is 2.65 bits per heavy atom. The van der Waals surface area contributed by atoms with Gasteiger partial charge in [-0.05, 0) is 30.5 Å². The Balaban J connectivity index is 2.02. The highest BCUT2D eigenvalue weighted by molar-refractivity contribution is 5.79. The molecule has 142 valence electrons. The van der Waals surface area contributed by atoms with Crippen molar-refractivity contribution >= 4 is 5.96 Å². The van der Waals surface area contributed by atoms with Gasteiger partial charge in [-0.1, -0.05) is 45.0 Å². The molecule has 0 spiro atoms. The highest BCUT2D eigenvalue weighted by Crippen LogP contribution is 2.22. The number of halogens is 1. The van der Waals surface area contributed by atoms with E-state index < -0.39 is 0 Å². The number of nitrogens with one attached hydrogen (secondary N) is 2. The maximum absolute atomic E-state index is 13.5. The Kier molecular flexibility index (Phi) is 6.77. The standard InChI is InChI=1S/C20H29FN4O/c1-6-22-19(23-12-17-11-18(14(2)3)25-26-17)24-13-20(4,5)15-8-7-9-16(21)10-15/h7-11,14H,6,12-13H2,1-5H3,(H2,22,23,24). The van der Waals surface area contributed by atoms with Gasteiger partial charge in [-0.25, -0.2) is 9.38 Å². The maximum Gasteiger partial charge on any atom is 0.191 e. The van der Waals surface area contributed by atoms with Crippen LogP contribution in [0.3, 0.4) is 0 Å². The minimum atomic E-state index is -0.241. The van der Waals surface area contributed by atoms with E-state index in [0.717, 1.165) is 23.6 Å². The monoisotopic (exact) mass is 360 g/mol. The van der Waals surface area contributed by atoms with Crippen LogP contribution in [0.15, 0.2) is 39.8 Å². The molecule has 2 rings (SSSR count). The Bertz CT molecular complexity index is 737. The van der Waals surface area contributed by atoms with Crippen molar-refractivity contribution in [3.63, 3.8) is 0 Å². The Morgan fingerprint density at radius 1 is 1.27 bits per heavy atom. The molecule has 26 heavy (non-hydrogen) atoms. The molecule has 2 N–H and O–H groups in total. The molecule has 0 saturated heterocycles. The lowest BCUT2D eigenvalue weighted by atomic mass is 9.84. The maximum atomic E-state index is 13.5. The molecule has 0 fully saturated rings. The summed E-state index contributed by atoms with van der Waals surface area (Å²) >= 11 is 0. The molecule has 0 aliphatic carbocycles. The van der Waals surface area contributed by atoms with Gasteiger partial charge in [0.15, 0.2) is 11.7 Å². The summed E-state index contributed by atoms with van der Waals surface area (Å²) in [4.78, 5) is 4.56. The van der Waals surface area contributed by atoms with Crippen molar-refractivity contribution < 1.29 is 8.91 Å². The van der Waals surface area contributed by atoms with E-state index in [1.165, 1.54) is 6.07 Å². The first-order valence-electron chi connectivity index (χ1n) is 9.05. The van der Waals surface area contributed by atoms with Gasteiger partial charge in [0, 0.05) is 24.6 Å². The van der Waals surface area contributed by atoms with E-state index in [2.05, 4.69) is 48.5 Å². The number of rotatable bonds is 7. The summed E-state index contributed by atoms with van der Waals surface area (Å²) in [5.41, 5.74) is 1.63. The normalized spacial score (nSPS) is 12.5. The van der Waals surface area contributed by atoms with Gasteiger partial charge in [0.2, 0.25) is 0 Å². The zero-order valence-electron chi connectivity index (χ0n) is 16.3. The van der Waals surface area contributed by atoms with Crippen LogP contribution in [0.4, 0.5) is 4.39 Å². The van der Waals surface area contributed by atoms with Gasteiger partial charge < -0.3 is 15.2 Å². The lowest BCUT2D eigenvalue weighted by Crippen LogP contribution is -2.43. The smallest absolute Gasteiger partial charge is 0.191 e. The largest absolute Gasteiger partial charge is 0.359 e. The lowest BCUT2D eigenvalue weighted by Gasteiger charge is -2.26. The average molecular weight is 360 g/mol. The molecule has 0 bridgehead atoms. The fourth-order valence-corrected chi connectivity index (χ4v) is 2.49. The predicted molar refractivity (Wildman–Crippen MR) is 103 cm³/mol. The van der Waals surface area contributed by atoms with Crippen molar-refractivity contribution in [3.8, 4) is 0 Å². The molecule has 6 heteroatoms. The molecule has 0 radical (unpaired) electrons. The molecule has 0 aliphatic rings. The number of hydrogen-bond acceptors (Lipinski definition) is 3. The van der Waals surface area contributed by atoms with Crippen LogP contribution in [-0.2, 0) is 12.0 Å². The molecule has 0 unspecified atom stereocenters. The highest BCUT2D eigenvalue weighted by atomic mass is 19.1. The van der Waals surface area contributed by atoms with Crippen molar-refractivity contribution in [1.82, 2.24) is 15.8 Å². The average Bonchev–Trinajstić information content (AvgIpc) is 3.07. The summed E-state index contributed by atoms with van der Waals surface area (Å²) in [5, 5.41) is 10.6. The molecule has 1 aromatic carbocycles. The minimum absolute atomic E-state index is 0.220. The van der Waals surface area contributed by atoms with E-state index in [-0.39, 0.29) is 11.2 Å². The molecule has 1 heterocycles. The van der Waals surface area contributed by atoms with E-state index >= 15 is 0 Å². The number of aliphatic imine (C=N–C) groups is 1. The van der Waals surface area contributed by atoms with E-state index in [1.54, 1.807) is 12.1 Å². The van der Waals surface area contributed by atoms with Crippen LogP contribution < -0.4 is 10.6 Å². The quantitative estimate of drug-likeness (QED) is 0.579. The van der Waals surface area contributed by atoms with E-state index in [1.807, 2.05) is 19.1 Å². The van der Waals surface area contributed by atoms with Crippen molar-refractivity contribution in [3.05, 3.63) is 53.2 Å². The number of nitrogens with zero attached hydrogens (tertiary/aromatic N) is 2. The topological polar surface area (TPSA) is 62.5 Å². The van der Waals surface area contributed by atoms with Gasteiger partial charge in [0.05, 0.1) is 5.69 Å². The van der Waals surface area contributed by atoms with Crippen LogP contribution in [0.25, 0.3) is 0 Å². The van der Waals surface area contributed by atoms with Gasteiger partial charge >= 0.3 is 0 Å². The van der Waals surface area contributed by atoms with Crippen LogP contribution in [0, 0.1) is 5.82 Å². The van der Waals surface area contributed by atoms with Crippen LogP contribution in [-0.4, -0.2) is 24.2 Å². The third-order valence-electron chi connectivity index (χ3n) is 4.21. The molecule has 2 aromatic rings. The summed E-state index contributed by atoms with van der Waals surface area (Å²) in [6, 6.07) is 8.65. The second-order valence-corrected chi connectivity index (χ2v) is 7.32. The first-order valence-corrected chi connectivity index (χ1v) is 9.05. The second-order valence-electron chi connectivity index (χ2n) is 7.32. The first kappa shape index (κ1) is 19.9. The number of benzene rings is 1. The predicted octanol–water partition coefficient (Wildman–Crippen LogP) is 3.97. The molecule has 0 aliphatic heterocycles. The summed E-state index contributed by atoms with van der Waals surface area (Å²) in [6.07, 6.45) is 0. The summed E-state index contributed by atoms with van der Waals surface area (Å²) < 4.78 is 18.8. The molecule has 1 aromatic heterocycles. The van der Waals surface area contributed by atoms with Crippen molar-refractivity contribution in [2.24, 2.45) is 4.99 Å². The SMILES string of the molecule is CCNC(=NCc1cc(C(C)C)no1)NCC(C)(C)c1cccc(F)c1. The molecule has 5 nitrogen and oxygen atoms in total. The van der Waals surface area contributed by atoms with Gasteiger partial charge in [-0.3, -0.25) is 0 Å². The molecule has 0 atom stereocenters. The molecule has 0 saturated carbocycles. The van der Waals surface area contributed by atoms with Crippen molar-refractivity contribution in [2.45, 2.75) is 52.5 Å². The summed E-state index contributed by atoms with van der Waals surface area (Å²) in [5.74, 6) is 1.53. The number of aromatic nitrogens is 1. The van der Waals surface area contributed by atoms with Crippen LogP contribution in [0.1, 0.15) is 57.6 Å². The Labute approximate surface area is 155 Å². The van der Waals surface area contributed by atoms with Gasteiger partial charge in [0.25, 0.3) is 0 Å². The minimum Gasteiger partial charge on any atom is -0.359 e. The number of guanidine groups is 1. The summed E-state index contributed by atoms with van der Waals surface area (Å²) in [7, 11) is 0. The zero-order chi connectivity index (χ0) is 19.2. The van der Waals surface area contributed by atoms with E-state index in [4.69, 9.17) is 4.52 Å². The highest BCUT2D eigenvalue weighted by Gasteiger charge is 2.21. The first-order chi connectivity index (χ1) is 12.3. The molecular weight excluding hydrogens is 331 g/mol. The Morgan fingerprint density at radius 2 is 2.04 bits per heavy atom. The van der Waals surface area contributed by atoms with Crippen molar-refractivity contribution in [2.75, 3.05) is 13.1 Å². The molecular formula is C20H29FN4O. The Hall–Kier alpha value is -2.37. The third-order valence-corrected chi connectivity index (χ3v) is 4.21. The van der Waals surface area contributed by atoms with Gasteiger partial charge in [-0.15, -0.1) is 0 Å². The number of hydrogen-bond donors (Lipinski definition) is 2. The fourth-order valence-electron chi connectivity index (χ4n) is 2.49. The summed E-state index contributed by atoms with van der Waals surface area (Å²) in [6.45, 7) is 12.1. The second kappa shape index (κ2) is 8.83. The third kappa shape index (κ3) is 5.58. The molecule has 0 amide bonds. The lowest BCUT2D eigenvalue weighted by molar-refractivity contribution is 0.376. The fraction of sp³-hybridized carbons (Fsp3) is 0.500. The van der Waals surface area contributed by atoms with Gasteiger partial charge in [0.1, 0.15) is 12.4 Å². The van der Waals surface area contributed by atoms with E-state index in [0.29, 0.717) is 25.0 Å². The van der Waals surface area contributed by atoms with Crippen LogP contribution in [0.5, 0.6) is 0 Å².